The highest BCUT2D eigenvalue weighted by atomic mass is 35.5. The third kappa shape index (κ3) is 4.49. The highest BCUT2D eigenvalue weighted by Crippen LogP contribution is 2.28. The molecule has 126 valence electrons. The Labute approximate surface area is 150 Å². The van der Waals surface area contributed by atoms with Gasteiger partial charge in [0, 0.05) is 10.6 Å². The zero-order valence-corrected chi connectivity index (χ0v) is 14.7. The predicted molar refractivity (Wildman–Crippen MR) is 95.9 cm³/mol. The Morgan fingerprint density at radius 3 is 2.42 bits per heavy atom. The third-order valence-electron chi connectivity index (χ3n) is 3.46. The van der Waals surface area contributed by atoms with Gasteiger partial charge >= 0.3 is 5.97 Å². The fraction of sp³-hybridized carbons (Fsp3) is 0.222. The number of nitrogens with two attached hydrogens (primary N) is 1. The van der Waals surface area contributed by atoms with Crippen molar-refractivity contribution < 1.29 is 14.3 Å². The van der Waals surface area contributed by atoms with Crippen LogP contribution in [-0.2, 0) is 11.2 Å². The van der Waals surface area contributed by atoms with E-state index in [1.807, 2.05) is 12.1 Å². The summed E-state index contributed by atoms with van der Waals surface area (Å²) in [5.74, 6) is -1.04. The Kier molecular flexibility index (Phi) is 6.23. The monoisotopic (exact) mass is 365 g/mol. The molecular formula is C18H17Cl2NO3. The lowest BCUT2D eigenvalue weighted by molar-refractivity contribution is 0.0476. The molecule has 0 saturated carbocycles. The number of anilines is 1. The van der Waals surface area contributed by atoms with Gasteiger partial charge in [0.15, 0.2) is 12.4 Å². The molecule has 0 heterocycles. The second-order valence-electron chi connectivity index (χ2n) is 5.30. The molecule has 6 heteroatoms. The van der Waals surface area contributed by atoms with Gasteiger partial charge in [0.2, 0.25) is 0 Å². The smallest absolute Gasteiger partial charge is 0.340 e. The first-order valence-electron chi connectivity index (χ1n) is 7.46. The van der Waals surface area contributed by atoms with Crippen molar-refractivity contribution >= 4 is 40.6 Å². The van der Waals surface area contributed by atoms with E-state index in [1.54, 1.807) is 12.1 Å². The van der Waals surface area contributed by atoms with Crippen LogP contribution in [0.4, 0.5) is 5.69 Å². The zero-order chi connectivity index (χ0) is 17.7. The lowest BCUT2D eigenvalue weighted by atomic mass is 10.1. The van der Waals surface area contributed by atoms with Crippen LogP contribution in [0, 0.1) is 0 Å². The highest BCUT2D eigenvalue weighted by molar-refractivity contribution is 6.37. The molecule has 0 amide bonds. The Morgan fingerprint density at radius 1 is 1.12 bits per heavy atom. The van der Waals surface area contributed by atoms with E-state index in [0.717, 1.165) is 18.4 Å². The first kappa shape index (κ1) is 18.3. The van der Waals surface area contributed by atoms with Gasteiger partial charge in [0.25, 0.3) is 0 Å². The van der Waals surface area contributed by atoms with Crippen LogP contribution >= 0.6 is 23.2 Å². The normalized spacial score (nSPS) is 10.5. The second-order valence-corrected chi connectivity index (χ2v) is 6.14. The van der Waals surface area contributed by atoms with Gasteiger partial charge < -0.3 is 10.5 Å². The molecular weight excluding hydrogens is 349 g/mol. The average Bonchev–Trinajstić information content (AvgIpc) is 2.56. The molecule has 4 nitrogen and oxygen atoms in total. The van der Waals surface area contributed by atoms with Gasteiger partial charge in [0.1, 0.15) is 0 Å². The van der Waals surface area contributed by atoms with Gasteiger partial charge in [0.05, 0.1) is 16.3 Å². The minimum Gasteiger partial charge on any atom is -0.454 e. The van der Waals surface area contributed by atoms with Crippen LogP contribution in [0.15, 0.2) is 36.4 Å². The largest absolute Gasteiger partial charge is 0.454 e. The molecule has 0 unspecified atom stereocenters. The van der Waals surface area contributed by atoms with E-state index in [-0.39, 0.29) is 33.7 Å². The van der Waals surface area contributed by atoms with Crippen LogP contribution in [0.1, 0.15) is 39.6 Å². The molecule has 0 aliphatic carbocycles. The van der Waals surface area contributed by atoms with Crippen molar-refractivity contribution in [1.82, 2.24) is 0 Å². The third-order valence-corrected chi connectivity index (χ3v) is 3.99. The molecule has 0 atom stereocenters. The summed E-state index contributed by atoms with van der Waals surface area (Å²) < 4.78 is 5.03. The van der Waals surface area contributed by atoms with Crippen molar-refractivity contribution in [1.29, 1.82) is 0 Å². The first-order valence-corrected chi connectivity index (χ1v) is 8.21. The van der Waals surface area contributed by atoms with Crippen LogP contribution in [0.3, 0.4) is 0 Å². The molecule has 24 heavy (non-hydrogen) atoms. The number of Topliss-reactive ketones (excluding diaryl/α,β-unsaturated/α-hetero) is 1. The maximum atomic E-state index is 12.1. The van der Waals surface area contributed by atoms with Gasteiger partial charge in [-0.15, -0.1) is 0 Å². The maximum absolute atomic E-state index is 12.1. The standard InChI is InChI=1S/C18H17Cl2NO3/c1-2-3-11-4-6-12(7-5-11)16(22)10-24-18(23)14-8-13(19)9-15(20)17(14)21/h4-9H,2-3,10,21H2,1H3. The predicted octanol–water partition coefficient (Wildman–Crippen LogP) is 4.57. The number of ketones is 1. The molecule has 2 rings (SSSR count). The van der Waals surface area contributed by atoms with Crippen molar-refractivity contribution in [3.05, 3.63) is 63.1 Å². The summed E-state index contributed by atoms with van der Waals surface area (Å²) >= 11 is 11.7. The number of benzene rings is 2. The van der Waals surface area contributed by atoms with Crippen LogP contribution in [0.25, 0.3) is 0 Å². The Morgan fingerprint density at radius 2 is 1.79 bits per heavy atom. The van der Waals surface area contributed by atoms with E-state index >= 15 is 0 Å². The first-order chi connectivity index (χ1) is 11.4. The number of aryl methyl sites for hydroxylation is 1. The number of ether oxygens (including phenoxy) is 1. The second kappa shape index (κ2) is 8.18. The minimum atomic E-state index is -0.743. The number of nitrogen functional groups attached to an aromatic ring is 1. The van der Waals surface area contributed by atoms with E-state index < -0.39 is 5.97 Å². The lowest BCUT2D eigenvalue weighted by Gasteiger charge is -2.09. The van der Waals surface area contributed by atoms with E-state index in [1.165, 1.54) is 12.1 Å². The van der Waals surface area contributed by atoms with Crippen molar-refractivity contribution in [2.24, 2.45) is 0 Å². The van der Waals surface area contributed by atoms with Gasteiger partial charge in [-0.25, -0.2) is 4.79 Å². The van der Waals surface area contributed by atoms with E-state index in [0.29, 0.717) is 5.56 Å². The fourth-order valence-electron chi connectivity index (χ4n) is 2.19. The molecule has 0 spiro atoms. The van der Waals surface area contributed by atoms with E-state index in [9.17, 15) is 9.59 Å². The summed E-state index contributed by atoms with van der Waals surface area (Å²) in [4.78, 5) is 24.2. The van der Waals surface area contributed by atoms with Crippen molar-refractivity contribution in [2.45, 2.75) is 19.8 Å². The molecule has 0 aliphatic heterocycles. The number of hydrogen-bond acceptors (Lipinski definition) is 4. The number of esters is 1. The fourth-order valence-corrected chi connectivity index (χ4v) is 2.69. The van der Waals surface area contributed by atoms with E-state index in [4.69, 9.17) is 33.7 Å². The van der Waals surface area contributed by atoms with Crippen LogP contribution < -0.4 is 5.73 Å². The summed E-state index contributed by atoms with van der Waals surface area (Å²) in [6.45, 7) is 1.71. The molecule has 0 aromatic heterocycles. The molecule has 0 aliphatic rings. The highest BCUT2D eigenvalue weighted by Gasteiger charge is 2.17. The number of hydrogen-bond donors (Lipinski definition) is 1. The topological polar surface area (TPSA) is 69.4 Å². The van der Waals surface area contributed by atoms with Gasteiger partial charge in [-0.05, 0) is 24.1 Å². The summed E-state index contributed by atoms with van der Waals surface area (Å²) in [7, 11) is 0. The molecule has 0 fully saturated rings. The average molecular weight is 366 g/mol. The maximum Gasteiger partial charge on any atom is 0.340 e. The molecule has 2 aromatic carbocycles. The van der Waals surface area contributed by atoms with Crippen LogP contribution in [-0.4, -0.2) is 18.4 Å². The SMILES string of the molecule is CCCc1ccc(C(=O)COC(=O)c2cc(Cl)cc(Cl)c2N)cc1. The summed E-state index contributed by atoms with van der Waals surface area (Å²) in [6, 6.07) is 10.0. The summed E-state index contributed by atoms with van der Waals surface area (Å²) in [6.07, 6.45) is 1.99. The Bertz CT molecular complexity index is 758. The molecule has 2 aromatic rings. The number of carbonyl (C=O) groups is 2. The van der Waals surface area contributed by atoms with Gasteiger partial charge in [-0.2, -0.15) is 0 Å². The number of carbonyl (C=O) groups excluding carboxylic acids is 2. The van der Waals surface area contributed by atoms with Crippen molar-refractivity contribution in [3.63, 3.8) is 0 Å². The van der Waals surface area contributed by atoms with Gasteiger partial charge in [-0.3, -0.25) is 4.79 Å². The molecule has 0 saturated heterocycles. The van der Waals surface area contributed by atoms with Crippen LogP contribution in [0.5, 0.6) is 0 Å². The van der Waals surface area contributed by atoms with Gasteiger partial charge in [-0.1, -0.05) is 60.8 Å². The zero-order valence-electron chi connectivity index (χ0n) is 13.1. The summed E-state index contributed by atoms with van der Waals surface area (Å²) in [5.41, 5.74) is 7.50. The number of rotatable bonds is 6. The lowest BCUT2D eigenvalue weighted by Crippen LogP contribution is -2.15. The number of halogens is 2. The quantitative estimate of drug-likeness (QED) is 0.462. The molecule has 0 radical (unpaired) electrons. The Balaban J connectivity index is 2.02. The van der Waals surface area contributed by atoms with E-state index in [2.05, 4.69) is 6.92 Å². The molecule has 2 N–H and O–H groups in total. The van der Waals surface area contributed by atoms with Crippen molar-refractivity contribution in [2.75, 3.05) is 12.3 Å². The minimum absolute atomic E-state index is 0.0404. The molecule has 0 bridgehead atoms. The Hall–Kier alpha value is -2.04. The van der Waals surface area contributed by atoms with Crippen molar-refractivity contribution in [3.8, 4) is 0 Å². The van der Waals surface area contributed by atoms with Crippen LogP contribution in [0.2, 0.25) is 10.0 Å². The summed E-state index contributed by atoms with van der Waals surface area (Å²) in [5, 5.41) is 0.422.